The molecule has 0 saturated carbocycles. The normalized spacial score (nSPS) is 19.9. The molecular weight excluding hydrogens is 941 g/mol. The molecule has 380 valence electrons. The van der Waals surface area contributed by atoms with Crippen molar-refractivity contribution in [1.29, 1.82) is 0 Å². The second kappa shape index (κ2) is 28.1. The van der Waals surface area contributed by atoms with Crippen molar-refractivity contribution in [2.45, 2.75) is 110 Å². The van der Waals surface area contributed by atoms with E-state index in [0.717, 1.165) is 83.4 Å². The van der Waals surface area contributed by atoms with Crippen LogP contribution in [0.3, 0.4) is 0 Å². The van der Waals surface area contributed by atoms with Crippen LogP contribution in [0.15, 0.2) is 91.1 Å². The van der Waals surface area contributed by atoms with E-state index in [0.29, 0.717) is 26.4 Å². The van der Waals surface area contributed by atoms with Crippen LogP contribution in [0.4, 0.5) is 16.4 Å². The van der Waals surface area contributed by atoms with Gasteiger partial charge in [0.25, 0.3) is 0 Å². The molecule has 1 N–H and O–H groups in total. The maximum atomic E-state index is 9.71. The summed E-state index contributed by atoms with van der Waals surface area (Å²) in [5.41, 5.74) is 1.05. The number of hydrogen-bond acceptors (Lipinski definition) is 14. The molecular formula is C50H75B2Cl3N6O8. The lowest BCUT2D eigenvalue weighted by atomic mass is 9.90. The van der Waals surface area contributed by atoms with Gasteiger partial charge in [-0.3, -0.25) is 4.90 Å². The quantitative estimate of drug-likeness (QED) is 0.0599. The van der Waals surface area contributed by atoms with Crippen LogP contribution in [0.2, 0.25) is 0 Å². The fourth-order valence-corrected chi connectivity index (χ4v) is 7.71. The highest BCUT2D eigenvalue weighted by Gasteiger charge is 2.51. The van der Waals surface area contributed by atoms with Crippen LogP contribution >= 0.6 is 35.6 Å². The minimum absolute atomic E-state index is 0. The van der Waals surface area contributed by atoms with Crippen LogP contribution < -0.4 is 15.1 Å². The Morgan fingerprint density at radius 2 is 1.12 bits per heavy atom. The first kappa shape index (κ1) is 58.3. The van der Waals surface area contributed by atoms with Crippen LogP contribution in [-0.2, 0) is 52.2 Å². The molecule has 7 rings (SSSR count). The fraction of sp³-hybridized carbons (Fsp3) is 0.580. The van der Waals surface area contributed by atoms with Gasteiger partial charge in [-0.15, -0.1) is 12.4 Å². The summed E-state index contributed by atoms with van der Waals surface area (Å²) in [7, 11) is -0.620. The number of nitrogens with zero attached hydrogens (tertiary/aromatic N) is 5. The Labute approximate surface area is 428 Å². The van der Waals surface area contributed by atoms with Crippen molar-refractivity contribution in [3.8, 4) is 0 Å². The number of alkyl halides is 1. The number of anilines is 2. The Morgan fingerprint density at radius 3 is 1.49 bits per heavy atom. The van der Waals surface area contributed by atoms with E-state index in [-0.39, 0.29) is 49.0 Å². The lowest BCUT2D eigenvalue weighted by Gasteiger charge is -2.35. The predicted molar refractivity (Wildman–Crippen MR) is 282 cm³/mol. The van der Waals surface area contributed by atoms with Crippen molar-refractivity contribution >= 4 is 66.9 Å². The van der Waals surface area contributed by atoms with Crippen LogP contribution in [0.25, 0.3) is 0 Å². The van der Waals surface area contributed by atoms with Gasteiger partial charge in [-0.25, -0.2) is 14.8 Å². The Hall–Kier alpha value is -3.25. The van der Waals surface area contributed by atoms with Crippen molar-refractivity contribution in [2.24, 2.45) is 0 Å². The predicted octanol–water partition coefficient (Wildman–Crippen LogP) is 8.76. The molecule has 0 radical (unpaired) electrons. The number of carbonyl (C=O) groups is 1. The molecule has 0 amide bonds. The van der Waals surface area contributed by atoms with Crippen LogP contribution in [0, 0.1) is 0 Å². The maximum Gasteiger partial charge on any atom is 0.486 e. The molecule has 69 heavy (non-hydrogen) atoms. The molecule has 2 aromatic heterocycles. The number of benzene rings is 1. The summed E-state index contributed by atoms with van der Waals surface area (Å²) in [6, 6.07) is 19.3. The molecule has 1 unspecified atom stereocenters. The van der Waals surface area contributed by atoms with E-state index >= 15 is 0 Å². The minimum Gasteiger partial charge on any atom is -0.434 e. The molecule has 0 aliphatic carbocycles. The maximum absolute atomic E-state index is 9.71. The highest BCUT2D eigenvalue weighted by atomic mass is 35.5. The van der Waals surface area contributed by atoms with E-state index in [9.17, 15) is 4.79 Å². The number of carbonyl (C=O) groups excluding carboxylic acids is 1. The number of halogens is 3. The number of pyridine rings is 2. The van der Waals surface area contributed by atoms with E-state index in [1.165, 1.54) is 23.6 Å². The van der Waals surface area contributed by atoms with Gasteiger partial charge in [0.05, 0.1) is 48.8 Å². The first-order valence-corrected chi connectivity index (χ1v) is 24.7. The van der Waals surface area contributed by atoms with Gasteiger partial charge in [-0.05, 0) is 104 Å². The SMILES string of the molecule is CC(Cl)OC(=O)Cl.CC1(C)OB(/C=C/COCCc2ccc(N3CCN(Cc4ccccc4)CC3)nc2)OC1(C)C.CC1(C)OB(/C=C/COCCc2ccc(N3CCNCC3)nc2)OC1(C)C.Cl. The van der Waals surface area contributed by atoms with Gasteiger partial charge in [0.15, 0.2) is 5.56 Å². The van der Waals surface area contributed by atoms with Crippen molar-refractivity contribution in [1.82, 2.24) is 20.2 Å². The third-order valence-corrected chi connectivity index (χ3v) is 13.1. The number of piperazine rings is 2. The van der Waals surface area contributed by atoms with Crippen molar-refractivity contribution < 1.29 is 37.6 Å². The smallest absolute Gasteiger partial charge is 0.434 e. The highest BCUT2D eigenvalue weighted by Crippen LogP contribution is 2.38. The zero-order valence-electron chi connectivity index (χ0n) is 42.2. The zero-order chi connectivity index (χ0) is 49.2. The molecule has 0 spiro atoms. The average molecular weight is 1020 g/mol. The molecule has 4 aliphatic heterocycles. The van der Waals surface area contributed by atoms with E-state index < -0.39 is 11.0 Å². The summed E-state index contributed by atoms with van der Waals surface area (Å²) in [4.78, 5) is 26.2. The average Bonchev–Trinajstić information content (AvgIpc) is 3.65. The number of rotatable bonds is 17. The third-order valence-electron chi connectivity index (χ3n) is 12.9. The van der Waals surface area contributed by atoms with Crippen LogP contribution in [-0.4, -0.2) is 141 Å². The van der Waals surface area contributed by atoms with E-state index in [1.807, 2.05) is 36.5 Å². The summed E-state index contributed by atoms with van der Waals surface area (Å²) >= 11 is 9.87. The lowest BCUT2D eigenvalue weighted by molar-refractivity contribution is 0.00578. The second-order valence-corrected chi connectivity index (χ2v) is 20.1. The van der Waals surface area contributed by atoms with E-state index in [2.05, 4.69) is 140 Å². The number of nitrogens with one attached hydrogen (secondary N) is 1. The van der Waals surface area contributed by atoms with Gasteiger partial charge < -0.3 is 47.9 Å². The van der Waals surface area contributed by atoms with Gasteiger partial charge in [-0.1, -0.05) is 78.2 Å². The summed E-state index contributed by atoms with van der Waals surface area (Å²) < 4.78 is 39.4. The molecule has 1 atom stereocenters. The molecule has 0 bridgehead atoms. The first-order chi connectivity index (χ1) is 32.3. The lowest BCUT2D eigenvalue weighted by Crippen LogP contribution is -2.46. The highest BCUT2D eigenvalue weighted by molar-refractivity contribution is 6.61. The molecule has 1 aromatic carbocycles. The van der Waals surface area contributed by atoms with Gasteiger partial charge >= 0.3 is 19.7 Å². The summed E-state index contributed by atoms with van der Waals surface area (Å²) in [6.45, 7) is 29.6. The summed E-state index contributed by atoms with van der Waals surface area (Å²) in [5.74, 6) is 5.99. The van der Waals surface area contributed by atoms with Gasteiger partial charge in [0.1, 0.15) is 11.6 Å². The van der Waals surface area contributed by atoms with Crippen LogP contribution in [0.5, 0.6) is 0 Å². The Balaban J connectivity index is 0.000000266. The van der Waals surface area contributed by atoms with Gasteiger partial charge in [-0.2, -0.15) is 0 Å². The summed E-state index contributed by atoms with van der Waals surface area (Å²) in [6.07, 6.45) is 9.59. The molecule has 4 fully saturated rings. The molecule has 3 aromatic rings. The molecule has 4 saturated heterocycles. The molecule has 14 nitrogen and oxygen atoms in total. The molecule has 4 aliphatic rings. The fourth-order valence-electron chi connectivity index (χ4n) is 7.45. The number of hydrogen-bond donors (Lipinski definition) is 1. The Bertz CT molecular complexity index is 1970. The van der Waals surface area contributed by atoms with Crippen molar-refractivity contribution in [2.75, 3.05) is 88.6 Å². The number of ether oxygens (including phenoxy) is 3. The second-order valence-electron chi connectivity index (χ2n) is 19.2. The van der Waals surface area contributed by atoms with Crippen LogP contribution in [0.1, 0.15) is 79.0 Å². The standard InChI is InChI=1S/C27H38BN3O3.C20H32BN3O3.C3H4Cl2O2.ClH/c1-26(2)27(3,4)34-28(33-26)14-8-19-32-20-13-23-11-12-25(29-21-23)31-17-15-30(16-18-31)22-24-9-6-5-7-10-24;1-19(2)20(3,4)27-21(26-19)9-5-14-25-15-8-17-6-7-18(23-16-17)24-12-10-22-11-13-24;1-2(4)7-3(5)6;/h5-12,14,21H,13,15-20,22H2,1-4H3;5-7,9,16,22H,8,10-15H2,1-4H3;2H,1H3;1H/b14-8+;9-5+;;. The zero-order valence-corrected chi connectivity index (χ0v) is 44.5. The largest absolute Gasteiger partial charge is 0.486 e. The minimum atomic E-state index is -0.873. The Kier molecular flexibility index (Phi) is 23.8. The third kappa shape index (κ3) is 19.4. The monoisotopic (exact) mass is 1010 g/mol. The van der Waals surface area contributed by atoms with Gasteiger partial charge in [0, 0.05) is 82.9 Å². The molecule has 19 heteroatoms. The molecule has 6 heterocycles. The van der Waals surface area contributed by atoms with Crippen molar-refractivity contribution in [3.63, 3.8) is 0 Å². The Morgan fingerprint density at radius 1 is 0.681 bits per heavy atom. The van der Waals surface area contributed by atoms with E-state index in [4.69, 9.17) is 56.3 Å². The van der Waals surface area contributed by atoms with E-state index in [1.54, 1.807) is 0 Å². The topological polar surface area (TPSA) is 129 Å². The first-order valence-electron chi connectivity index (χ1n) is 23.9. The van der Waals surface area contributed by atoms with Crippen molar-refractivity contribution in [3.05, 3.63) is 108 Å². The van der Waals surface area contributed by atoms with Gasteiger partial charge in [0.2, 0.25) is 0 Å². The summed E-state index contributed by atoms with van der Waals surface area (Å²) in [5, 5.41) is 3.36. The number of aromatic nitrogens is 2.